The molecule has 0 spiro atoms. The Morgan fingerprint density at radius 3 is 2.29 bits per heavy atom. The van der Waals surface area contributed by atoms with E-state index in [2.05, 4.69) is 9.62 Å². The molecule has 0 bridgehead atoms. The van der Waals surface area contributed by atoms with Gasteiger partial charge in [0.1, 0.15) is 5.82 Å². The normalized spacial score (nSPS) is 14.7. The molecule has 0 radical (unpaired) electrons. The van der Waals surface area contributed by atoms with Crippen LogP contribution >= 0.6 is 0 Å². The number of fused-ring (bicyclic) bond motifs is 1. The zero-order valence-corrected chi connectivity index (χ0v) is 17.8. The number of halogens is 1. The van der Waals surface area contributed by atoms with Crippen LogP contribution in [-0.4, -0.2) is 51.9 Å². The molecule has 1 heterocycles. The second-order valence-electron chi connectivity index (χ2n) is 7.50. The Bertz CT molecular complexity index is 1170. The molecule has 1 saturated heterocycles. The van der Waals surface area contributed by atoms with Crippen molar-refractivity contribution in [1.82, 2.24) is 9.62 Å². The van der Waals surface area contributed by atoms with Crippen molar-refractivity contribution in [2.24, 2.45) is 0 Å². The van der Waals surface area contributed by atoms with Crippen LogP contribution in [0.4, 0.5) is 10.1 Å². The fourth-order valence-electron chi connectivity index (χ4n) is 3.73. The summed E-state index contributed by atoms with van der Waals surface area (Å²) in [6, 6.07) is 18.8. The number of sulfonamides is 1. The molecule has 0 atom stereocenters. The zero-order valence-electron chi connectivity index (χ0n) is 17.0. The number of rotatable bonds is 6. The summed E-state index contributed by atoms with van der Waals surface area (Å²) >= 11 is 0. The third-order valence-electron chi connectivity index (χ3n) is 5.49. The highest BCUT2D eigenvalue weighted by atomic mass is 32.2. The molecule has 162 valence electrons. The summed E-state index contributed by atoms with van der Waals surface area (Å²) in [5.74, 6) is -0.358. The average Bonchev–Trinajstić information content (AvgIpc) is 2.79. The van der Waals surface area contributed by atoms with Gasteiger partial charge in [0.05, 0.1) is 4.90 Å². The van der Waals surface area contributed by atoms with Gasteiger partial charge in [-0.05, 0) is 47.2 Å². The number of carbonyl (C=O) groups is 1. The molecular formula is C23H24FN3O3S. The maximum Gasteiger partial charge on any atom is 0.240 e. The molecule has 6 nitrogen and oxygen atoms in total. The molecule has 1 amide bonds. The number of nitrogens with one attached hydrogen (secondary N) is 1. The first-order valence-electron chi connectivity index (χ1n) is 10.2. The molecule has 3 aromatic rings. The molecule has 1 aliphatic rings. The topological polar surface area (TPSA) is 69.7 Å². The van der Waals surface area contributed by atoms with E-state index in [4.69, 9.17) is 0 Å². The first-order valence-corrected chi connectivity index (χ1v) is 11.7. The van der Waals surface area contributed by atoms with Crippen molar-refractivity contribution in [3.63, 3.8) is 0 Å². The van der Waals surface area contributed by atoms with Crippen molar-refractivity contribution in [2.45, 2.75) is 11.3 Å². The summed E-state index contributed by atoms with van der Waals surface area (Å²) in [7, 11) is -3.69. The molecule has 8 heteroatoms. The molecule has 1 fully saturated rings. The number of hydrogen-bond acceptors (Lipinski definition) is 4. The van der Waals surface area contributed by atoms with E-state index >= 15 is 0 Å². The average molecular weight is 442 g/mol. The van der Waals surface area contributed by atoms with Crippen LogP contribution in [-0.2, 0) is 14.8 Å². The highest BCUT2D eigenvalue weighted by Gasteiger charge is 2.22. The summed E-state index contributed by atoms with van der Waals surface area (Å²) in [6.07, 6.45) is 0.101. The Morgan fingerprint density at radius 2 is 1.58 bits per heavy atom. The number of piperazine rings is 1. The fourth-order valence-corrected chi connectivity index (χ4v) is 4.80. The van der Waals surface area contributed by atoms with Crippen LogP contribution < -0.4 is 9.62 Å². The van der Waals surface area contributed by atoms with Crippen LogP contribution in [0.5, 0.6) is 0 Å². The zero-order chi connectivity index (χ0) is 21.8. The predicted octanol–water partition coefficient (Wildman–Crippen LogP) is 3.00. The first-order chi connectivity index (χ1) is 14.9. The highest BCUT2D eigenvalue weighted by Crippen LogP contribution is 2.19. The lowest BCUT2D eigenvalue weighted by Crippen LogP contribution is -2.49. The van der Waals surface area contributed by atoms with Crippen molar-refractivity contribution in [2.75, 3.05) is 37.6 Å². The third-order valence-corrected chi connectivity index (χ3v) is 6.95. The molecule has 0 unspecified atom stereocenters. The summed E-state index contributed by atoms with van der Waals surface area (Å²) in [6.45, 7) is 2.45. The minimum atomic E-state index is -3.69. The fraction of sp³-hybridized carbons (Fsp3) is 0.261. The van der Waals surface area contributed by atoms with Crippen LogP contribution in [0.15, 0.2) is 71.6 Å². The molecule has 0 aromatic heterocycles. The second-order valence-corrected chi connectivity index (χ2v) is 9.27. The van der Waals surface area contributed by atoms with E-state index in [0.717, 1.165) is 16.5 Å². The van der Waals surface area contributed by atoms with Gasteiger partial charge in [0, 0.05) is 44.8 Å². The van der Waals surface area contributed by atoms with Crippen molar-refractivity contribution in [3.8, 4) is 0 Å². The number of benzene rings is 3. The van der Waals surface area contributed by atoms with Gasteiger partial charge < -0.3 is 9.80 Å². The largest absolute Gasteiger partial charge is 0.368 e. The number of nitrogens with zero attached hydrogens (tertiary/aromatic N) is 2. The monoisotopic (exact) mass is 441 g/mol. The maximum absolute atomic E-state index is 13.1. The Hall–Kier alpha value is -2.97. The highest BCUT2D eigenvalue weighted by molar-refractivity contribution is 7.89. The van der Waals surface area contributed by atoms with Crippen LogP contribution in [0.3, 0.4) is 0 Å². The number of hydrogen-bond donors (Lipinski definition) is 1. The van der Waals surface area contributed by atoms with E-state index in [0.29, 0.717) is 26.2 Å². The minimum absolute atomic E-state index is 0.0478. The quantitative estimate of drug-likeness (QED) is 0.639. The molecule has 0 saturated carbocycles. The van der Waals surface area contributed by atoms with Crippen molar-refractivity contribution in [3.05, 3.63) is 72.5 Å². The standard InChI is InChI=1S/C23H24FN3O3S/c24-20-6-8-21(9-7-20)26-13-15-27(16-14-26)23(28)11-12-25-31(29,30)22-10-5-18-3-1-2-4-19(18)17-22/h1-10,17,25H,11-16H2. The predicted molar refractivity (Wildman–Crippen MR) is 119 cm³/mol. The van der Waals surface area contributed by atoms with Crippen LogP contribution in [0.25, 0.3) is 10.8 Å². The van der Waals surface area contributed by atoms with Crippen LogP contribution in [0, 0.1) is 5.82 Å². The molecular weight excluding hydrogens is 417 g/mol. The number of carbonyl (C=O) groups excluding carboxylic acids is 1. The van der Waals surface area contributed by atoms with E-state index in [1.165, 1.54) is 12.1 Å². The molecule has 4 rings (SSSR count). The first kappa shape index (κ1) is 21.3. The Morgan fingerprint density at radius 1 is 0.903 bits per heavy atom. The Balaban J connectivity index is 1.28. The van der Waals surface area contributed by atoms with E-state index in [1.54, 1.807) is 35.2 Å². The van der Waals surface area contributed by atoms with Gasteiger partial charge in [-0.25, -0.2) is 17.5 Å². The summed E-state index contributed by atoms with van der Waals surface area (Å²) < 4.78 is 40.8. The van der Waals surface area contributed by atoms with Gasteiger partial charge in [-0.2, -0.15) is 0 Å². The SMILES string of the molecule is O=C(CCNS(=O)(=O)c1ccc2ccccc2c1)N1CCN(c2ccc(F)cc2)CC1. The summed E-state index contributed by atoms with van der Waals surface area (Å²) in [5.41, 5.74) is 0.927. The summed E-state index contributed by atoms with van der Waals surface area (Å²) in [4.78, 5) is 16.5. The molecule has 1 N–H and O–H groups in total. The van der Waals surface area contributed by atoms with Gasteiger partial charge in [0.15, 0.2) is 0 Å². The molecule has 0 aliphatic carbocycles. The van der Waals surface area contributed by atoms with Gasteiger partial charge in [-0.3, -0.25) is 4.79 Å². The molecule has 1 aliphatic heterocycles. The van der Waals surface area contributed by atoms with E-state index < -0.39 is 10.0 Å². The smallest absolute Gasteiger partial charge is 0.240 e. The van der Waals surface area contributed by atoms with E-state index in [1.807, 2.05) is 24.3 Å². The van der Waals surface area contributed by atoms with Gasteiger partial charge in [-0.15, -0.1) is 0 Å². The third kappa shape index (κ3) is 5.03. The summed E-state index contributed by atoms with van der Waals surface area (Å²) in [5, 5.41) is 1.82. The molecule has 3 aromatic carbocycles. The van der Waals surface area contributed by atoms with Crippen molar-refractivity contribution < 1.29 is 17.6 Å². The lowest BCUT2D eigenvalue weighted by atomic mass is 10.1. The van der Waals surface area contributed by atoms with Crippen LogP contribution in [0.1, 0.15) is 6.42 Å². The van der Waals surface area contributed by atoms with Gasteiger partial charge in [-0.1, -0.05) is 30.3 Å². The lowest BCUT2D eigenvalue weighted by Gasteiger charge is -2.36. The van der Waals surface area contributed by atoms with Crippen molar-refractivity contribution >= 4 is 32.4 Å². The maximum atomic E-state index is 13.1. The molecule has 31 heavy (non-hydrogen) atoms. The minimum Gasteiger partial charge on any atom is -0.368 e. The van der Waals surface area contributed by atoms with Crippen LogP contribution in [0.2, 0.25) is 0 Å². The Labute approximate surface area is 181 Å². The number of amides is 1. The lowest BCUT2D eigenvalue weighted by molar-refractivity contribution is -0.131. The van der Waals surface area contributed by atoms with Gasteiger partial charge in [0.25, 0.3) is 0 Å². The second kappa shape index (κ2) is 9.03. The van der Waals surface area contributed by atoms with Crippen molar-refractivity contribution in [1.29, 1.82) is 0 Å². The Kier molecular flexibility index (Phi) is 6.20. The van der Waals surface area contributed by atoms with E-state index in [9.17, 15) is 17.6 Å². The number of anilines is 1. The van der Waals surface area contributed by atoms with Gasteiger partial charge in [0.2, 0.25) is 15.9 Å². The van der Waals surface area contributed by atoms with E-state index in [-0.39, 0.29) is 29.6 Å². The van der Waals surface area contributed by atoms with Gasteiger partial charge >= 0.3 is 0 Å².